The summed E-state index contributed by atoms with van der Waals surface area (Å²) in [5, 5.41) is 19.5. The number of rotatable bonds is 7. The normalized spacial score (nSPS) is 10.7. The van der Waals surface area contributed by atoms with Gasteiger partial charge in [0.1, 0.15) is 11.5 Å². The molecule has 0 bridgehead atoms. The molecule has 2 aromatic carbocycles. The van der Waals surface area contributed by atoms with Crippen molar-refractivity contribution in [3.05, 3.63) is 64.0 Å². The number of nitro benzene ring substituents is 1. The number of anilines is 1. The Morgan fingerprint density at radius 3 is 2.77 bits per heavy atom. The summed E-state index contributed by atoms with van der Waals surface area (Å²) in [5.41, 5.74) is 1.68. The standard InChI is InChI=1S/C19H15N5O5S/c1-28-15-4-2-3-12(9-15)16-11-30-19-21-18(22-23(16)19)20-17(25)10-29-14-7-5-13(6-8-14)24(26)27/h2-9,11H,10H2,1H3,(H,20,22,25). The zero-order chi connectivity index (χ0) is 21.1. The number of nitro groups is 1. The van der Waals surface area contributed by atoms with Gasteiger partial charge in [0.2, 0.25) is 4.96 Å². The third-order valence-electron chi connectivity index (χ3n) is 4.12. The molecule has 0 aliphatic heterocycles. The van der Waals surface area contributed by atoms with Gasteiger partial charge in [0.15, 0.2) is 6.61 Å². The van der Waals surface area contributed by atoms with E-state index in [1.54, 1.807) is 11.6 Å². The molecule has 0 saturated carbocycles. The molecule has 2 aromatic heterocycles. The van der Waals surface area contributed by atoms with Crippen LogP contribution in [0.2, 0.25) is 0 Å². The van der Waals surface area contributed by atoms with Crippen molar-refractivity contribution in [3.8, 4) is 22.8 Å². The number of carbonyl (C=O) groups excluding carboxylic acids is 1. The maximum atomic E-state index is 12.2. The van der Waals surface area contributed by atoms with Gasteiger partial charge in [-0.05, 0) is 24.3 Å². The van der Waals surface area contributed by atoms with Crippen LogP contribution in [0.4, 0.5) is 11.6 Å². The minimum absolute atomic E-state index is 0.0547. The number of carbonyl (C=O) groups is 1. The molecule has 4 aromatic rings. The summed E-state index contributed by atoms with van der Waals surface area (Å²) >= 11 is 1.39. The highest BCUT2D eigenvalue weighted by Gasteiger charge is 2.14. The van der Waals surface area contributed by atoms with E-state index in [1.807, 2.05) is 29.6 Å². The molecular formula is C19H15N5O5S. The average molecular weight is 425 g/mol. The number of ether oxygens (including phenoxy) is 2. The molecule has 0 fully saturated rings. The van der Waals surface area contributed by atoms with E-state index < -0.39 is 10.8 Å². The van der Waals surface area contributed by atoms with Crippen molar-refractivity contribution in [2.75, 3.05) is 19.0 Å². The molecule has 0 unspecified atom stereocenters. The zero-order valence-electron chi connectivity index (χ0n) is 15.6. The number of hydrogen-bond acceptors (Lipinski definition) is 8. The first-order valence-electron chi connectivity index (χ1n) is 8.69. The third-order valence-corrected chi connectivity index (χ3v) is 4.93. The summed E-state index contributed by atoms with van der Waals surface area (Å²) in [6.45, 7) is -0.284. The second-order valence-corrected chi connectivity index (χ2v) is 6.91. The second kappa shape index (κ2) is 8.17. The Morgan fingerprint density at radius 1 is 1.23 bits per heavy atom. The monoisotopic (exact) mass is 425 g/mol. The number of non-ortho nitro benzene ring substituents is 1. The minimum atomic E-state index is -0.508. The number of methoxy groups -OCH3 is 1. The summed E-state index contributed by atoms with van der Waals surface area (Å²) < 4.78 is 12.2. The van der Waals surface area contributed by atoms with Crippen LogP contribution in [0.5, 0.6) is 11.5 Å². The molecule has 0 atom stereocenters. The Kier molecular flexibility index (Phi) is 5.26. The van der Waals surface area contributed by atoms with E-state index in [1.165, 1.54) is 35.6 Å². The Balaban J connectivity index is 1.43. The van der Waals surface area contributed by atoms with Crippen molar-refractivity contribution < 1.29 is 19.2 Å². The Labute approximate surface area is 173 Å². The predicted octanol–water partition coefficient (Wildman–Crippen LogP) is 3.39. The number of nitrogens with zero attached hydrogens (tertiary/aromatic N) is 4. The first-order chi connectivity index (χ1) is 14.5. The molecule has 10 nitrogen and oxygen atoms in total. The SMILES string of the molecule is COc1cccc(-c2csc3nc(NC(=O)COc4ccc([N+](=O)[O-])cc4)nn23)c1. The van der Waals surface area contributed by atoms with Crippen LogP contribution in [-0.2, 0) is 4.79 Å². The van der Waals surface area contributed by atoms with E-state index in [4.69, 9.17) is 9.47 Å². The smallest absolute Gasteiger partial charge is 0.269 e. The van der Waals surface area contributed by atoms with Gasteiger partial charge in [0, 0.05) is 23.1 Å². The number of aromatic nitrogens is 3. The van der Waals surface area contributed by atoms with E-state index in [2.05, 4.69) is 15.4 Å². The van der Waals surface area contributed by atoms with Gasteiger partial charge in [0.05, 0.1) is 17.7 Å². The van der Waals surface area contributed by atoms with Crippen molar-refractivity contribution >= 4 is 33.8 Å². The van der Waals surface area contributed by atoms with E-state index >= 15 is 0 Å². The second-order valence-electron chi connectivity index (χ2n) is 6.07. The topological polar surface area (TPSA) is 121 Å². The third kappa shape index (κ3) is 4.05. The summed E-state index contributed by atoms with van der Waals surface area (Å²) in [4.78, 5) is 27.2. The van der Waals surface area contributed by atoms with E-state index in [-0.39, 0.29) is 18.2 Å². The minimum Gasteiger partial charge on any atom is -0.497 e. The molecule has 0 aliphatic carbocycles. The van der Waals surface area contributed by atoms with Gasteiger partial charge < -0.3 is 9.47 Å². The van der Waals surface area contributed by atoms with Gasteiger partial charge in [-0.25, -0.2) is 4.52 Å². The fourth-order valence-corrected chi connectivity index (χ4v) is 3.52. The Morgan fingerprint density at radius 2 is 2.03 bits per heavy atom. The average Bonchev–Trinajstić information content (AvgIpc) is 3.32. The van der Waals surface area contributed by atoms with Crippen LogP contribution < -0.4 is 14.8 Å². The highest BCUT2D eigenvalue weighted by molar-refractivity contribution is 7.15. The largest absolute Gasteiger partial charge is 0.497 e. The van der Waals surface area contributed by atoms with Crippen molar-refractivity contribution in [2.45, 2.75) is 0 Å². The molecular weight excluding hydrogens is 410 g/mol. The maximum Gasteiger partial charge on any atom is 0.269 e. The quantitative estimate of drug-likeness (QED) is 0.356. The summed E-state index contributed by atoms with van der Waals surface area (Å²) in [7, 11) is 1.60. The Bertz CT molecular complexity index is 1220. The van der Waals surface area contributed by atoms with Gasteiger partial charge in [-0.1, -0.05) is 12.1 Å². The number of benzene rings is 2. The fourth-order valence-electron chi connectivity index (χ4n) is 2.69. The molecule has 0 saturated heterocycles. The Hall–Kier alpha value is -3.99. The molecule has 30 heavy (non-hydrogen) atoms. The highest BCUT2D eigenvalue weighted by atomic mass is 32.1. The lowest BCUT2D eigenvalue weighted by Crippen LogP contribution is -2.20. The van der Waals surface area contributed by atoms with Crippen LogP contribution in [-0.4, -0.2) is 39.1 Å². The van der Waals surface area contributed by atoms with Crippen molar-refractivity contribution in [1.29, 1.82) is 0 Å². The highest BCUT2D eigenvalue weighted by Crippen LogP contribution is 2.28. The molecule has 11 heteroatoms. The lowest BCUT2D eigenvalue weighted by atomic mass is 10.2. The number of fused-ring (bicyclic) bond motifs is 1. The van der Waals surface area contributed by atoms with Crippen LogP contribution in [0.1, 0.15) is 0 Å². The van der Waals surface area contributed by atoms with Gasteiger partial charge in [-0.15, -0.1) is 16.4 Å². The molecule has 1 N–H and O–H groups in total. The van der Waals surface area contributed by atoms with Crippen LogP contribution in [0.25, 0.3) is 16.2 Å². The maximum absolute atomic E-state index is 12.2. The number of nitrogens with one attached hydrogen (secondary N) is 1. The van der Waals surface area contributed by atoms with Crippen molar-refractivity contribution in [3.63, 3.8) is 0 Å². The number of hydrogen-bond donors (Lipinski definition) is 1. The van der Waals surface area contributed by atoms with Crippen molar-refractivity contribution in [2.24, 2.45) is 0 Å². The molecule has 4 rings (SSSR count). The van der Waals surface area contributed by atoms with Crippen LogP contribution in [0, 0.1) is 10.1 Å². The van der Waals surface area contributed by atoms with Crippen LogP contribution in [0.3, 0.4) is 0 Å². The lowest BCUT2D eigenvalue weighted by Gasteiger charge is -2.05. The van der Waals surface area contributed by atoms with Crippen LogP contribution >= 0.6 is 11.3 Å². The molecule has 0 spiro atoms. The van der Waals surface area contributed by atoms with Gasteiger partial charge in [0.25, 0.3) is 17.5 Å². The lowest BCUT2D eigenvalue weighted by molar-refractivity contribution is -0.384. The van der Waals surface area contributed by atoms with Crippen molar-refractivity contribution in [1.82, 2.24) is 14.6 Å². The molecule has 0 radical (unpaired) electrons. The van der Waals surface area contributed by atoms with E-state index in [9.17, 15) is 14.9 Å². The van der Waals surface area contributed by atoms with Gasteiger partial charge in [-0.3, -0.25) is 20.2 Å². The number of amides is 1. The summed E-state index contributed by atoms with van der Waals surface area (Å²) in [5.74, 6) is 0.775. The molecule has 0 aliphatic rings. The predicted molar refractivity (Wildman–Crippen MR) is 110 cm³/mol. The first kappa shape index (κ1) is 19.3. The molecule has 152 valence electrons. The fraction of sp³-hybridized carbons (Fsp3) is 0.105. The van der Waals surface area contributed by atoms with E-state index in [0.717, 1.165) is 17.0 Å². The summed E-state index contributed by atoms with van der Waals surface area (Å²) in [6, 6.07) is 13.0. The van der Waals surface area contributed by atoms with Crippen LogP contribution in [0.15, 0.2) is 53.9 Å². The summed E-state index contributed by atoms with van der Waals surface area (Å²) in [6.07, 6.45) is 0. The molecule has 2 heterocycles. The van der Waals surface area contributed by atoms with Gasteiger partial charge >= 0.3 is 0 Å². The zero-order valence-corrected chi connectivity index (χ0v) is 16.5. The van der Waals surface area contributed by atoms with Gasteiger partial charge in [-0.2, -0.15) is 4.98 Å². The van der Waals surface area contributed by atoms with E-state index in [0.29, 0.717) is 10.7 Å². The number of thiazole rings is 1. The molecule has 1 amide bonds. The first-order valence-corrected chi connectivity index (χ1v) is 9.57.